The Labute approximate surface area is 293 Å². The van der Waals surface area contributed by atoms with Crippen LogP contribution in [-0.2, 0) is 9.09 Å². The Balaban J connectivity index is 0.000000460. The monoisotopic (exact) mass is 706 g/mol. The first-order valence-electron chi connectivity index (χ1n) is 17.8. The zero-order valence-electron chi connectivity index (χ0n) is 31.2. The fraction of sp³-hybridized carbons (Fsp3) is 0.700. The lowest BCUT2D eigenvalue weighted by Crippen LogP contribution is -2.49. The van der Waals surface area contributed by atoms with Crippen LogP contribution < -0.4 is 0 Å². The molecule has 0 heterocycles. The maximum absolute atomic E-state index is 10.4. The first-order chi connectivity index (χ1) is 21.8. The highest BCUT2D eigenvalue weighted by Gasteiger charge is 2.52. The summed E-state index contributed by atoms with van der Waals surface area (Å²) in [6, 6.07) is 0. The molecular weight excluding hydrogens is 636 g/mol. The van der Waals surface area contributed by atoms with E-state index in [9.17, 15) is 4.57 Å². The molecule has 0 amide bonds. The Morgan fingerprint density at radius 2 is 1.43 bits per heavy atom. The van der Waals surface area contributed by atoms with Crippen molar-refractivity contribution in [3.8, 4) is 0 Å². The van der Waals surface area contributed by atoms with Crippen LogP contribution in [0, 0.1) is 22.7 Å². The van der Waals surface area contributed by atoms with Crippen molar-refractivity contribution >= 4 is 33.8 Å². The third kappa shape index (κ3) is 17.4. The van der Waals surface area contributed by atoms with E-state index in [1.54, 1.807) is 0 Å². The third-order valence-corrected chi connectivity index (χ3v) is 12.8. The summed E-state index contributed by atoms with van der Waals surface area (Å²) in [5.74, 6) is 1.57. The summed E-state index contributed by atoms with van der Waals surface area (Å²) in [4.78, 5) is 0. The molecule has 2 nitrogen and oxygen atoms in total. The third-order valence-electron chi connectivity index (χ3n) is 10.5. The summed E-state index contributed by atoms with van der Waals surface area (Å²) >= 11 is 0. The number of hydrogen-bond donors (Lipinski definition) is 0. The minimum absolute atomic E-state index is 0.283. The molecule has 2 rings (SSSR count). The van der Waals surface area contributed by atoms with Crippen LogP contribution in [0.4, 0.5) is 0 Å². The zero-order chi connectivity index (χ0) is 34.6. The van der Waals surface area contributed by atoms with Gasteiger partial charge in [0.05, 0.1) is 6.61 Å². The number of allylic oxidation sites excluding steroid dienone is 10. The van der Waals surface area contributed by atoms with Gasteiger partial charge in [-0.1, -0.05) is 107 Å². The molecule has 0 aliphatic heterocycles. The largest absolute Gasteiger partial charge is 0.354 e. The molecule has 0 bridgehead atoms. The van der Waals surface area contributed by atoms with E-state index in [0.29, 0.717) is 33.5 Å². The van der Waals surface area contributed by atoms with E-state index in [1.807, 2.05) is 0 Å². The summed E-state index contributed by atoms with van der Waals surface area (Å²) in [7, 11) is 3.95. The Hall–Kier alpha value is -0.210. The molecule has 2 aliphatic rings. The van der Waals surface area contributed by atoms with Crippen LogP contribution in [0.15, 0.2) is 70.4 Å². The second-order valence-corrected chi connectivity index (χ2v) is 18.8. The summed E-state index contributed by atoms with van der Waals surface area (Å²) < 4.78 is 15.8. The van der Waals surface area contributed by atoms with Gasteiger partial charge in [-0.15, -0.1) is 0 Å². The SMILES string of the molecule is C=C1CCC2C(C)(C)CCC[C@]2(C)[C@H]1CC/C(C)=C/COPP.CC(C)=CCC/C(C)=C\CC/C(C)=C/CC/C(C)=C\CPP=O. The first-order valence-corrected chi connectivity index (χ1v) is 23.4. The second kappa shape index (κ2) is 24.0. The van der Waals surface area contributed by atoms with Crippen LogP contribution in [0.1, 0.15) is 146 Å². The molecular formula is C40H70O2P4. The van der Waals surface area contributed by atoms with Gasteiger partial charge in [0, 0.05) is 8.50 Å². The van der Waals surface area contributed by atoms with Gasteiger partial charge in [-0.05, 0) is 156 Å². The van der Waals surface area contributed by atoms with E-state index in [2.05, 4.69) is 108 Å². The van der Waals surface area contributed by atoms with Crippen molar-refractivity contribution in [3.63, 3.8) is 0 Å². The molecule has 0 aromatic rings. The minimum Gasteiger partial charge on any atom is -0.354 e. The Bertz CT molecular complexity index is 1080. The molecule has 0 radical (unpaired) electrons. The normalized spacial score (nSPS) is 24.4. The highest BCUT2D eigenvalue weighted by atomic mass is 32.0. The standard InChI is InChI=1S/C20H36OP2.C20H34OP2/c1-15(11-14-21-23-22)7-9-17-16(2)8-10-18-19(3,4)12-6-13-20(17,18)5;1-17(2)9-6-10-18(3)11-7-12-19(4)13-8-14-20(5)15-16-22-23-21/h11,17-18,23H,2,6-10,12-14,22H2,1,3-5H3;9,11,13,15,22H,6-8,10,12,14,16H2,1-5H3/b15-11+;18-11-,19-13+,20-15-/t17-,18?,20+;/m0./s1. The molecule has 2 saturated carbocycles. The summed E-state index contributed by atoms with van der Waals surface area (Å²) in [6.45, 7) is 26.1. The summed E-state index contributed by atoms with van der Waals surface area (Å²) in [5, 5.41) is 0. The number of fused-ring (bicyclic) bond motifs is 1. The van der Waals surface area contributed by atoms with E-state index < -0.39 is 0 Å². The molecule has 6 atom stereocenters. The molecule has 0 spiro atoms. The lowest BCUT2D eigenvalue weighted by molar-refractivity contribution is -0.0539. The van der Waals surface area contributed by atoms with Gasteiger partial charge in [0.1, 0.15) is 0 Å². The van der Waals surface area contributed by atoms with Crippen molar-refractivity contribution in [1.29, 1.82) is 0 Å². The van der Waals surface area contributed by atoms with Crippen molar-refractivity contribution in [1.82, 2.24) is 0 Å². The van der Waals surface area contributed by atoms with E-state index >= 15 is 0 Å². The molecule has 0 aromatic carbocycles. The lowest BCUT2D eigenvalue weighted by Gasteiger charge is -2.58. The van der Waals surface area contributed by atoms with Gasteiger partial charge in [-0.2, -0.15) is 0 Å². The van der Waals surface area contributed by atoms with E-state index in [1.165, 1.54) is 91.2 Å². The lowest BCUT2D eigenvalue weighted by atomic mass is 9.47. The van der Waals surface area contributed by atoms with Crippen LogP contribution in [0.25, 0.3) is 0 Å². The van der Waals surface area contributed by atoms with Crippen molar-refractivity contribution in [2.45, 2.75) is 146 Å². The van der Waals surface area contributed by atoms with Crippen LogP contribution in [-0.4, -0.2) is 12.8 Å². The highest BCUT2D eigenvalue weighted by molar-refractivity contribution is 8.06. The molecule has 6 heteroatoms. The topological polar surface area (TPSA) is 26.3 Å². The molecule has 0 aromatic heterocycles. The van der Waals surface area contributed by atoms with Gasteiger partial charge in [0.25, 0.3) is 0 Å². The summed E-state index contributed by atoms with van der Waals surface area (Å²) in [6.07, 6.45) is 28.7. The fourth-order valence-corrected chi connectivity index (χ4v) is 9.24. The molecule has 4 unspecified atom stereocenters. The van der Waals surface area contributed by atoms with Gasteiger partial charge in [0.2, 0.25) is 0 Å². The molecule has 2 aliphatic carbocycles. The number of rotatable bonds is 18. The molecule has 262 valence electrons. The van der Waals surface area contributed by atoms with Crippen molar-refractivity contribution in [3.05, 3.63) is 70.4 Å². The predicted octanol–water partition coefficient (Wildman–Crippen LogP) is 14.9. The maximum Gasteiger partial charge on any atom is 0.178 e. The van der Waals surface area contributed by atoms with Crippen LogP contribution in [0.5, 0.6) is 0 Å². The maximum atomic E-state index is 10.4. The van der Waals surface area contributed by atoms with Crippen molar-refractivity contribution in [2.75, 3.05) is 12.8 Å². The fourth-order valence-electron chi connectivity index (χ4n) is 7.76. The van der Waals surface area contributed by atoms with Crippen molar-refractivity contribution < 1.29 is 9.09 Å². The highest BCUT2D eigenvalue weighted by Crippen LogP contribution is 2.61. The van der Waals surface area contributed by atoms with Crippen LogP contribution in [0.2, 0.25) is 0 Å². The molecule has 0 saturated heterocycles. The average molecular weight is 707 g/mol. The average Bonchev–Trinajstić information content (AvgIpc) is 2.97. The van der Waals surface area contributed by atoms with E-state index in [0.717, 1.165) is 44.4 Å². The van der Waals surface area contributed by atoms with E-state index in [-0.39, 0.29) is 8.15 Å². The van der Waals surface area contributed by atoms with Gasteiger partial charge in [0.15, 0.2) is 8.15 Å². The van der Waals surface area contributed by atoms with Crippen molar-refractivity contribution in [2.24, 2.45) is 22.7 Å². The second-order valence-electron chi connectivity index (χ2n) is 15.2. The zero-order valence-corrected chi connectivity index (χ0v) is 35.2. The van der Waals surface area contributed by atoms with Crippen LogP contribution >= 0.6 is 33.8 Å². The number of hydrogen-bond acceptors (Lipinski definition) is 2. The smallest absolute Gasteiger partial charge is 0.178 e. The molecule has 46 heavy (non-hydrogen) atoms. The van der Waals surface area contributed by atoms with Gasteiger partial charge >= 0.3 is 0 Å². The predicted molar refractivity (Wildman–Crippen MR) is 217 cm³/mol. The molecule has 0 N–H and O–H groups in total. The van der Waals surface area contributed by atoms with Gasteiger partial charge in [-0.3, -0.25) is 4.57 Å². The first kappa shape index (κ1) is 43.8. The molecule has 2 fully saturated rings. The van der Waals surface area contributed by atoms with Gasteiger partial charge < -0.3 is 4.52 Å². The van der Waals surface area contributed by atoms with E-state index in [4.69, 9.17) is 4.52 Å². The Morgan fingerprint density at radius 3 is 2.00 bits per heavy atom. The van der Waals surface area contributed by atoms with Crippen LogP contribution in [0.3, 0.4) is 0 Å². The summed E-state index contributed by atoms with van der Waals surface area (Å²) in [5.41, 5.74) is 9.80. The Kier molecular flexibility index (Phi) is 22.9. The van der Waals surface area contributed by atoms with Gasteiger partial charge in [-0.25, -0.2) is 0 Å². The minimum atomic E-state index is 0.283. The Morgan fingerprint density at radius 1 is 0.870 bits per heavy atom. The quantitative estimate of drug-likeness (QED) is 0.0806.